The monoisotopic (exact) mass is 240 g/mol. The summed E-state index contributed by atoms with van der Waals surface area (Å²) in [6, 6.07) is 9.63. The number of amides is 1. The third-order valence-electron chi connectivity index (χ3n) is 3.29. The summed E-state index contributed by atoms with van der Waals surface area (Å²) in [4.78, 5) is 12.1. The van der Waals surface area contributed by atoms with Gasteiger partial charge in [0, 0.05) is 5.69 Å². The number of hydrogen-bond donors (Lipinski definition) is 1. The molecule has 0 aliphatic heterocycles. The molecule has 0 unspecified atom stereocenters. The zero-order valence-corrected chi connectivity index (χ0v) is 10.5. The Morgan fingerprint density at radius 2 is 1.94 bits per heavy atom. The molecule has 18 heavy (non-hydrogen) atoms. The summed E-state index contributed by atoms with van der Waals surface area (Å²) in [5, 5.41) is 12.0. The van der Waals surface area contributed by atoms with E-state index in [1.807, 2.05) is 31.2 Å². The second-order valence-electron chi connectivity index (χ2n) is 4.57. The highest BCUT2D eigenvalue weighted by Gasteiger charge is 2.18. The Morgan fingerprint density at radius 1 is 1.28 bits per heavy atom. The van der Waals surface area contributed by atoms with E-state index < -0.39 is 0 Å². The molecule has 1 saturated carbocycles. The van der Waals surface area contributed by atoms with Crippen LogP contribution in [-0.2, 0) is 4.79 Å². The lowest BCUT2D eigenvalue weighted by Gasteiger charge is -2.08. The number of nitrogens with zero attached hydrogens (tertiary/aromatic N) is 1. The summed E-state index contributed by atoms with van der Waals surface area (Å²) < 4.78 is 0. The Bertz CT molecular complexity index is 530. The van der Waals surface area contributed by atoms with E-state index in [1.165, 1.54) is 0 Å². The number of anilines is 1. The number of para-hydroxylation sites is 1. The molecule has 0 saturated heterocycles. The quantitative estimate of drug-likeness (QED) is 0.636. The molecule has 1 fully saturated rings. The number of allylic oxidation sites excluding steroid dienone is 1. The van der Waals surface area contributed by atoms with E-state index in [4.69, 9.17) is 5.26 Å². The molecule has 0 aromatic heterocycles. The molecular weight excluding hydrogens is 224 g/mol. The van der Waals surface area contributed by atoms with E-state index in [0.29, 0.717) is 5.57 Å². The summed E-state index contributed by atoms with van der Waals surface area (Å²) in [6.07, 6.45) is 3.92. The Morgan fingerprint density at radius 3 is 2.56 bits per heavy atom. The number of carbonyl (C=O) groups is 1. The van der Waals surface area contributed by atoms with E-state index in [1.54, 1.807) is 0 Å². The molecule has 0 spiro atoms. The minimum atomic E-state index is -0.274. The van der Waals surface area contributed by atoms with Crippen LogP contribution in [0.2, 0.25) is 0 Å². The van der Waals surface area contributed by atoms with Gasteiger partial charge in [-0.1, -0.05) is 18.2 Å². The maximum absolute atomic E-state index is 12.1. The van der Waals surface area contributed by atoms with Crippen LogP contribution in [0, 0.1) is 18.3 Å². The molecule has 3 nitrogen and oxygen atoms in total. The number of aryl methyl sites for hydroxylation is 1. The Kier molecular flexibility index (Phi) is 3.78. The average Bonchev–Trinajstić information content (AvgIpc) is 2.87. The van der Waals surface area contributed by atoms with Crippen LogP contribution in [0.15, 0.2) is 35.4 Å². The number of benzene rings is 1. The number of rotatable bonds is 2. The number of carbonyl (C=O) groups excluding carboxylic acids is 1. The highest BCUT2D eigenvalue weighted by atomic mass is 16.1. The van der Waals surface area contributed by atoms with Crippen LogP contribution in [0.25, 0.3) is 0 Å². The van der Waals surface area contributed by atoms with Crippen molar-refractivity contribution in [2.24, 2.45) is 0 Å². The minimum Gasteiger partial charge on any atom is -0.321 e. The van der Waals surface area contributed by atoms with Crippen molar-refractivity contribution >= 4 is 11.6 Å². The summed E-state index contributed by atoms with van der Waals surface area (Å²) in [5.41, 5.74) is 3.08. The number of nitrogens with one attached hydrogen (secondary N) is 1. The molecule has 92 valence electrons. The summed E-state index contributed by atoms with van der Waals surface area (Å²) in [5.74, 6) is -0.274. The summed E-state index contributed by atoms with van der Waals surface area (Å²) in [7, 11) is 0. The molecule has 0 radical (unpaired) electrons. The van der Waals surface area contributed by atoms with Gasteiger partial charge in [0.2, 0.25) is 0 Å². The van der Waals surface area contributed by atoms with E-state index in [-0.39, 0.29) is 5.91 Å². The van der Waals surface area contributed by atoms with Gasteiger partial charge in [0.1, 0.15) is 11.6 Å². The molecule has 1 aromatic rings. The molecule has 1 amide bonds. The van der Waals surface area contributed by atoms with Crippen LogP contribution < -0.4 is 5.32 Å². The van der Waals surface area contributed by atoms with Gasteiger partial charge in [0.25, 0.3) is 5.91 Å². The first kappa shape index (κ1) is 12.4. The maximum Gasteiger partial charge on any atom is 0.266 e. The van der Waals surface area contributed by atoms with Crippen LogP contribution in [0.5, 0.6) is 0 Å². The van der Waals surface area contributed by atoms with Crippen LogP contribution in [0.4, 0.5) is 5.69 Å². The molecule has 2 rings (SSSR count). The topological polar surface area (TPSA) is 52.9 Å². The molecule has 1 N–H and O–H groups in total. The van der Waals surface area contributed by atoms with Crippen molar-refractivity contribution in [3.63, 3.8) is 0 Å². The van der Waals surface area contributed by atoms with Crippen molar-refractivity contribution in [1.82, 2.24) is 0 Å². The first-order valence-corrected chi connectivity index (χ1v) is 6.21. The van der Waals surface area contributed by atoms with Gasteiger partial charge in [-0.2, -0.15) is 5.26 Å². The van der Waals surface area contributed by atoms with Gasteiger partial charge in [-0.25, -0.2) is 0 Å². The maximum atomic E-state index is 12.1. The van der Waals surface area contributed by atoms with Crippen molar-refractivity contribution in [3.05, 3.63) is 41.0 Å². The van der Waals surface area contributed by atoms with Crippen molar-refractivity contribution in [2.75, 3.05) is 5.32 Å². The van der Waals surface area contributed by atoms with E-state index in [0.717, 1.165) is 42.5 Å². The highest BCUT2D eigenvalue weighted by Crippen LogP contribution is 2.27. The summed E-state index contributed by atoms with van der Waals surface area (Å²) >= 11 is 0. The first-order chi connectivity index (χ1) is 8.72. The van der Waals surface area contributed by atoms with Crippen LogP contribution in [0.1, 0.15) is 31.2 Å². The average molecular weight is 240 g/mol. The van der Waals surface area contributed by atoms with Crippen LogP contribution in [-0.4, -0.2) is 5.91 Å². The fourth-order valence-corrected chi connectivity index (χ4v) is 2.24. The second-order valence-corrected chi connectivity index (χ2v) is 4.57. The molecule has 0 atom stereocenters. The lowest BCUT2D eigenvalue weighted by Crippen LogP contribution is -2.15. The van der Waals surface area contributed by atoms with E-state index in [9.17, 15) is 4.79 Å². The van der Waals surface area contributed by atoms with Crippen molar-refractivity contribution in [1.29, 1.82) is 5.26 Å². The second kappa shape index (κ2) is 5.50. The smallest absolute Gasteiger partial charge is 0.266 e. The zero-order chi connectivity index (χ0) is 13.0. The lowest BCUT2D eigenvalue weighted by molar-refractivity contribution is -0.112. The predicted octanol–water partition coefficient (Wildman–Crippen LogP) is 3.33. The Hall–Kier alpha value is -2.08. The van der Waals surface area contributed by atoms with Gasteiger partial charge >= 0.3 is 0 Å². The van der Waals surface area contributed by atoms with Gasteiger partial charge in [-0.15, -0.1) is 0 Å². The number of nitriles is 1. The summed E-state index contributed by atoms with van der Waals surface area (Å²) in [6.45, 7) is 1.93. The fourth-order valence-electron chi connectivity index (χ4n) is 2.24. The van der Waals surface area contributed by atoms with Gasteiger partial charge < -0.3 is 5.32 Å². The lowest BCUT2D eigenvalue weighted by atomic mass is 10.1. The number of hydrogen-bond acceptors (Lipinski definition) is 2. The van der Waals surface area contributed by atoms with Crippen LogP contribution >= 0.6 is 0 Å². The standard InChI is InChI=1S/C15H16N2O/c1-11-6-2-5-9-14(11)17-15(18)13(10-16)12-7-3-4-8-12/h2,5-6,9H,3-4,7-8H2,1H3,(H,17,18). The fraction of sp³-hybridized carbons (Fsp3) is 0.333. The molecule has 1 aliphatic rings. The third kappa shape index (κ3) is 2.60. The SMILES string of the molecule is Cc1ccccc1NC(=O)C(C#N)=C1CCCC1. The van der Waals surface area contributed by atoms with Gasteiger partial charge in [-0.3, -0.25) is 4.79 Å². The molecule has 1 aliphatic carbocycles. The Balaban J connectivity index is 2.20. The van der Waals surface area contributed by atoms with E-state index >= 15 is 0 Å². The highest BCUT2D eigenvalue weighted by molar-refractivity contribution is 6.07. The van der Waals surface area contributed by atoms with Gasteiger partial charge in [0.05, 0.1) is 0 Å². The Labute approximate surface area is 107 Å². The minimum absolute atomic E-state index is 0.274. The van der Waals surface area contributed by atoms with E-state index in [2.05, 4.69) is 11.4 Å². The van der Waals surface area contributed by atoms with Gasteiger partial charge in [0.15, 0.2) is 0 Å². The molecule has 0 bridgehead atoms. The first-order valence-electron chi connectivity index (χ1n) is 6.21. The largest absolute Gasteiger partial charge is 0.321 e. The van der Waals surface area contributed by atoms with Crippen molar-refractivity contribution in [2.45, 2.75) is 32.6 Å². The zero-order valence-electron chi connectivity index (χ0n) is 10.5. The predicted molar refractivity (Wildman–Crippen MR) is 70.9 cm³/mol. The van der Waals surface area contributed by atoms with Crippen molar-refractivity contribution < 1.29 is 4.79 Å². The van der Waals surface area contributed by atoms with Crippen molar-refractivity contribution in [3.8, 4) is 6.07 Å². The molecule has 3 heteroatoms. The van der Waals surface area contributed by atoms with Crippen LogP contribution in [0.3, 0.4) is 0 Å². The molecule has 0 heterocycles. The third-order valence-corrected chi connectivity index (χ3v) is 3.29. The normalized spacial score (nSPS) is 14.1. The molecular formula is C15H16N2O. The van der Waals surface area contributed by atoms with Gasteiger partial charge in [-0.05, 0) is 49.8 Å². The molecule has 1 aromatic carbocycles.